The summed E-state index contributed by atoms with van der Waals surface area (Å²) >= 11 is 3.37. The second kappa shape index (κ2) is 11.3. The number of rotatable bonds is 9. The summed E-state index contributed by atoms with van der Waals surface area (Å²) in [6.45, 7) is 2.61. The molecule has 2 N–H and O–H groups in total. The van der Waals surface area contributed by atoms with Gasteiger partial charge >= 0.3 is 0 Å². The van der Waals surface area contributed by atoms with Gasteiger partial charge in [-0.15, -0.1) is 0 Å². The van der Waals surface area contributed by atoms with Crippen LogP contribution < -0.4 is 10.7 Å². The lowest BCUT2D eigenvalue weighted by Crippen LogP contribution is -2.24. The van der Waals surface area contributed by atoms with Crippen LogP contribution in [0.1, 0.15) is 47.2 Å². The number of benzene rings is 2. The van der Waals surface area contributed by atoms with E-state index in [-0.39, 0.29) is 11.8 Å². The highest BCUT2D eigenvalue weighted by molar-refractivity contribution is 9.10. The Labute approximate surface area is 168 Å². The summed E-state index contributed by atoms with van der Waals surface area (Å²) in [7, 11) is 0. The van der Waals surface area contributed by atoms with Gasteiger partial charge in [0.2, 0.25) is 5.91 Å². The minimum Gasteiger partial charge on any atom is -0.352 e. The van der Waals surface area contributed by atoms with Crippen LogP contribution in [0, 0.1) is 6.92 Å². The van der Waals surface area contributed by atoms with Gasteiger partial charge in [-0.2, -0.15) is 5.10 Å². The van der Waals surface area contributed by atoms with E-state index >= 15 is 0 Å². The van der Waals surface area contributed by atoms with E-state index in [1.807, 2.05) is 49.4 Å². The summed E-state index contributed by atoms with van der Waals surface area (Å²) in [4.78, 5) is 23.8. The molecular weight excluding hydrogens is 406 g/mol. The fraction of sp³-hybridized carbons (Fsp3) is 0.286. The monoisotopic (exact) mass is 429 g/mol. The SMILES string of the molecule is Cc1ccc(C=NNC(=O)CCCCCNC(=O)c2ccccc2Br)cc1. The first-order valence-corrected chi connectivity index (χ1v) is 9.77. The highest BCUT2D eigenvalue weighted by atomic mass is 79.9. The molecule has 0 aromatic heterocycles. The first-order valence-electron chi connectivity index (χ1n) is 8.97. The van der Waals surface area contributed by atoms with Crippen LogP contribution in [0.4, 0.5) is 0 Å². The molecule has 2 aromatic rings. The van der Waals surface area contributed by atoms with Crippen LogP contribution in [-0.2, 0) is 4.79 Å². The Hall–Kier alpha value is -2.47. The zero-order valence-electron chi connectivity index (χ0n) is 15.4. The molecule has 0 saturated heterocycles. The topological polar surface area (TPSA) is 70.6 Å². The van der Waals surface area contributed by atoms with Crippen LogP contribution in [0.3, 0.4) is 0 Å². The van der Waals surface area contributed by atoms with E-state index in [0.29, 0.717) is 18.5 Å². The summed E-state index contributed by atoms with van der Waals surface area (Å²) in [5, 5.41) is 6.86. The highest BCUT2D eigenvalue weighted by Gasteiger charge is 2.08. The fourth-order valence-corrected chi connectivity index (χ4v) is 2.88. The number of halogens is 1. The second-order valence-electron chi connectivity index (χ2n) is 6.25. The van der Waals surface area contributed by atoms with Gasteiger partial charge in [-0.25, -0.2) is 5.43 Å². The quantitative estimate of drug-likeness (QED) is 0.356. The molecule has 0 atom stereocenters. The van der Waals surface area contributed by atoms with Crippen LogP contribution in [0.15, 0.2) is 58.1 Å². The predicted octanol–water partition coefficient (Wildman–Crippen LogP) is 4.20. The minimum atomic E-state index is -0.101. The third-order valence-electron chi connectivity index (χ3n) is 3.96. The van der Waals surface area contributed by atoms with Crippen molar-refractivity contribution in [1.29, 1.82) is 0 Å². The van der Waals surface area contributed by atoms with Crippen molar-refractivity contribution >= 4 is 34.0 Å². The van der Waals surface area contributed by atoms with Crippen molar-refractivity contribution in [1.82, 2.24) is 10.7 Å². The first-order chi connectivity index (χ1) is 13.1. The lowest BCUT2D eigenvalue weighted by molar-refractivity contribution is -0.121. The summed E-state index contributed by atoms with van der Waals surface area (Å²) in [6.07, 6.45) is 4.51. The molecule has 0 aliphatic heterocycles. The zero-order valence-corrected chi connectivity index (χ0v) is 17.0. The Morgan fingerprint density at radius 3 is 2.52 bits per heavy atom. The third kappa shape index (κ3) is 7.74. The largest absolute Gasteiger partial charge is 0.352 e. The molecule has 0 spiro atoms. The van der Waals surface area contributed by atoms with Crippen molar-refractivity contribution in [2.75, 3.05) is 6.54 Å². The summed E-state index contributed by atoms with van der Waals surface area (Å²) in [5.41, 5.74) is 5.30. The molecule has 0 saturated carbocycles. The second-order valence-corrected chi connectivity index (χ2v) is 7.10. The molecule has 2 amide bonds. The lowest BCUT2D eigenvalue weighted by atomic mass is 10.1. The average Bonchev–Trinajstić information content (AvgIpc) is 2.66. The number of hydrogen-bond donors (Lipinski definition) is 2. The maximum absolute atomic E-state index is 12.0. The smallest absolute Gasteiger partial charge is 0.252 e. The molecule has 0 radical (unpaired) electrons. The van der Waals surface area contributed by atoms with Crippen molar-refractivity contribution in [3.05, 3.63) is 69.7 Å². The van der Waals surface area contributed by atoms with Gasteiger partial charge < -0.3 is 5.32 Å². The number of hydrazone groups is 1. The maximum Gasteiger partial charge on any atom is 0.252 e. The summed E-state index contributed by atoms with van der Waals surface area (Å²) in [5.74, 6) is -0.193. The number of carbonyl (C=O) groups is 2. The van der Waals surface area contributed by atoms with Crippen molar-refractivity contribution in [2.24, 2.45) is 5.10 Å². The molecule has 0 aliphatic carbocycles. The average molecular weight is 430 g/mol. The summed E-state index contributed by atoms with van der Waals surface area (Å²) in [6, 6.07) is 15.2. The molecule has 5 nitrogen and oxygen atoms in total. The number of nitrogens with zero attached hydrogens (tertiary/aromatic N) is 1. The molecule has 142 valence electrons. The molecule has 6 heteroatoms. The van der Waals surface area contributed by atoms with Gasteiger partial charge in [0.05, 0.1) is 11.8 Å². The van der Waals surface area contributed by atoms with Gasteiger partial charge in [-0.05, 0) is 53.4 Å². The minimum absolute atomic E-state index is 0.0920. The van der Waals surface area contributed by atoms with Crippen LogP contribution in [0.5, 0.6) is 0 Å². The van der Waals surface area contributed by atoms with Crippen LogP contribution in [0.2, 0.25) is 0 Å². The van der Waals surface area contributed by atoms with Gasteiger partial charge in [0.15, 0.2) is 0 Å². The van der Waals surface area contributed by atoms with Gasteiger partial charge in [-0.3, -0.25) is 9.59 Å². The first kappa shape index (κ1) is 20.8. The van der Waals surface area contributed by atoms with Gasteiger partial charge in [0.1, 0.15) is 0 Å². The highest BCUT2D eigenvalue weighted by Crippen LogP contribution is 2.15. The molecule has 2 aromatic carbocycles. The number of carbonyl (C=O) groups excluding carboxylic acids is 2. The Morgan fingerprint density at radius 2 is 1.78 bits per heavy atom. The van der Waals surface area contributed by atoms with Crippen LogP contribution in [0.25, 0.3) is 0 Å². The van der Waals surface area contributed by atoms with E-state index < -0.39 is 0 Å². The van der Waals surface area contributed by atoms with E-state index in [2.05, 4.69) is 31.8 Å². The Balaban J connectivity index is 1.56. The molecule has 0 aliphatic rings. The van der Waals surface area contributed by atoms with Gasteiger partial charge in [-0.1, -0.05) is 48.4 Å². The zero-order chi connectivity index (χ0) is 19.5. The predicted molar refractivity (Wildman–Crippen MR) is 112 cm³/mol. The molecule has 0 unspecified atom stereocenters. The molecule has 0 bridgehead atoms. The Kier molecular flexibility index (Phi) is 8.71. The van der Waals surface area contributed by atoms with Crippen LogP contribution in [-0.4, -0.2) is 24.6 Å². The maximum atomic E-state index is 12.0. The Bertz CT molecular complexity index is 788. The number of nitrogens with one attached hydrogen (secondary N) is 2. The van der Waals surface area contributed by atoms with Crippen molar-refractivity contribution in [3.8, 4) is 0 Å². The van der Waals surface area contributed by atoms with E-state index in [9.17, 15) is 9.59 Å². The van der Waals surface area contributed by atoms with E-state index in [1.54, 1.807) is 12.3 Å². The lowest BCUT2D eigenvalue weighted by Gasteiger charge is -2.06. The number of amides is 2. The number of aryl methyl sites for hydroxylation is 1. The van der Waals surface area contributed by atoms with Crippen LogP contribution >= 0.6 is 15.9 Å². The van der Waals surface area contributed by atoms with E-state index in [1.165, 1.54) is 5.56 Å². The van der Waals surface area contributed by atoms with Crippen molar-refractivity contribution < 1.29 is 9.59 Å². The summed E-state index contributed by atoms with van der Waals surface area (Å²) < 4.78 is 0.783. The Morgan fingerprint density at radius 1 is 1.04 bits per heavy atom. The molecule has 2 rings (SSSR count). The number of unbranched alkanes of at least 4 members (excludes halogenated alkanes) is 2. The van der Waals surface area contributed by atoms with Crippen molar-refractivity contribution in [3.63, 3.8) is 0 Å². The number of hydrogen-bond acceptors (Lipinski definition) is 3. The molecule has 27 heavy (non-hydrogen) atoms. The van der Waals surface area contributed by atoms with Gasteiger partial charge in [0, 0.05) is 17.4 Å². The molecule has 0 heterocycles. The van der Waals surface area contributed by atoms with Crippen molar-refractivity contribution in [2.45, 2.75) is 32.6 Å². The normalized spacial score (nSPS) is 10.7. The third-order valence-corrected chi connectivity index (χ3v) is 4.66. The molecule has 0 fully saturated rings. The van der Waals surface area contributed by atoms with Gasteiger partial charge in [0.25, 0.3) is 5.91 Å². The van der Waals surface area contributed by atoms with E-state index in [4.69, 9.17) is 0 Å². The van der Waals surface area contributed by atoms with E-state index in [0.717, 1.165) is 29.3 Å². The molecular formula is C21H24BrN3O2. The standard InChI is InChI=1S/C21H24BrN3O2/c1-16-10-12-17(13-11-16)15-24-25-20(26)9-3-2-6-14-23-21(27)18-7-4-5-8-19(18)22/h4-5,7-8,10-13,15H,2-3,6,9,14H2,1H3,(H,23,27)(H,25,26). The fourth-order valence-electron chi connectivity index (χ4n) is 2.42.